The zero-order valence-electron chi connectivity index (χ0n) is 8.67. The van der Waals surface area contributed by atoms with Crippen LogP contribution in [0.2, 0.25) is 0 Å². The van der Waals surface area contributed by atoms with Crippen LogP contribution in [-0.2, 0) is 12.6 Å². The molecule has 1 rings (SSSR count). The van der Waals surface area contributed by atoms with Crippen molar-refractivity contribution < 1.29 is 17.9 Å². The van der Waals surface area contributed by atoms with Crippen molar-refractivity contribution in [3.63, 3.8) is 0 Å². The zero-order chi connectivity index (χ0) is 11.5. The van der Waals surface area contributed by atoms with Gasteiger partial charge >= 0.3 is 6.18 Å². The van der Waals surface area contributed by atoms with E-state index in [1.54, 1.807) is 0 Å². The minimum atomic E-state index is -4.32. The molecule has 6 heteroatoms. The highest BCUT2D eigenvalue weighted by Crippen LogP contribution is 2.32. The normalized spacial score (nSPS) is 10.8. The number of hydrogen-bond acceptors (Lipinski definition) is 2. The second-order valence-electron chi connectivity index (χ2n) is 3.06. The van der Waals surface area contributed by atoms with E-state index in [9.17, 15) is 13.2 Å². The summed E-state index contributed by atoms with van der Waals surface area (Å²) in [5.74, 6) is 0.438. The quantitative estimate of drug-likeness (QED) is 0.901. The molecule has 0 aliphatic carbocycles. The SMILES string of the molecule is COc1ccc(C(F)(F)F)cc1CCN.Cl. The van der Waals surface area contributed by atoms with Gasteiger partial charge in [0.05, 0.1) is 12.7 Å². The summed E-state index contributed by atoms with van der Waals surface area (Å²) in [5.41, 5.74) is 5.11. The van der Waals surface area contributed by atoms with Gasteiger partial charge in [0.1, 0.15) is 5.75 Å². The highest BCUT2D eigenvalue weighted by molar-refractivity contribution is 5.85. The first kappa shape index (κ1) is 15.1. The Morgan fingerprint density at radius 1 is 1.31 bits per heavy atom. The fourth-order valence-electron chi connectivity index (χ4n) is 1.31. The number of rotatable bonds is 3. The van der Waals surface area contributed by atoms with Gasteiger partial charge in [-0.2, -0.15) is 13.2 Å². The molecular weight excluding hydrogens is 243 g/mol. The Bertz CT molecular complexity index is 341. The number of benzene rings is 1. The predicted molar refractivity (Wildman–Crippen MR) is 58.0 cm³/mol. The van der Waals surface area contributed by atoms with Crippen molar-refractivity contribution in [2.45, 2.75) is 12.6 Å². The van der Waals surface area contributed by atoms with E-state index in [1.807, 2.05) is 0 Å². The molecule has 0 aliphatic rings. The van der Waals surface area contributed by atoms with E-state index >= 15 is 0 Å². The van der Waals surface area contributed by atoms with Crippen LogP contribution < -0.4 is 10.5 Å². The second-order valence-corrected chi connectivity index (χ2v) is 3.06. The molecule has 1 aromatic rings. The van der Waals surface area contributed by atoms with Gasteiger partial charge in [0, 0.05) is 0 Å². The van der Waals surface area contributed by atoms with E-state index < -0.39 is 11.7 Å². The summed E-state index contributed by atoms with van der Waals surface area (Å²) in [6, 6.07) is 3.39. The van der Waals surface area contributed by atoms with Crippen LogP contribution in [0.25, 0.3) is 0 Å². The molecule has 0 aliphatic heterocycles. The van der Waals surface area contributed by atoms with Gasteiger partial charge in [-0.1, -0.05) is 0 Å². The average Bonchev–Trinajstić information content (AvgIpc) is 2.17. The molecule has 0 atom stereocenters. The maximum absolute atomic E-state index is 12.4. The largest absolute Gasteiger partial charge is 0.496 e. The van der Waals surface area contributed by atoms with Gasteiger partial charge < -0.3 is 10.5 Å². The molecule has 2 nitrogen and oxygen atoms in total. The van der Waals surface area contributed by atoms with Gasteiger partial charge in [0.15, 0.2) is 0 Å². The number of hydrogen-bond donors (Lipinski definition) is 1. The van der Waals surface area contributed by atoms with Crippen molar-refractivity contribution in [2.75, 3.05) is 13.7 Å². The Balaban J connectivity index is 0.00000225. The Labute approximate surface area is 98.0 Å². The summed E-state index contributed by atoms with van der Waals surface area (Å²) in [7, 11) is 1.42. The van der Waals surface area contributed by atoms with Crippen molar-refractivity contribution in [3.05, 3.63) is 29.3 Å². The first-order chi connectivity index (χ1) is 6.99. The van der Waals surface area contributed by atoms with E-state index in [0.717, 1.165) is 12.1 Å². The minimum Gasteiger partial charge on any atom is -0.496 e. The van der Waals surface area contributed by atoms with Gasteiger partial charge in [-0.05, 0) is 36.7 Å². The lowest BCUT2D eigenvalue weighted by Crippen LogP contribution is -2.09. The predicted octanol–water partition coefficient (Wildman–Crippen LogP) is 2.64. The lowest BCUT2D eigenvalue weighted by atomic mass is 10.1. The first-order valence-corrected chi connectivity index (χ1v) is 4.43. The van der Waals surface area contributed by atoms with Gasteiger partial charge in [-0.15, -0.1) is 12.4 Å². The number of alkyl halides is 3. The molecule has 2 N–H and O–H groups in total. The molecular formula is C10H13ClF3NO. The summed E-state index contributed by atoms with van der Waals surface area (Å²) in [4.78, 5) is 0. The van der Waals surface area contributed by atoms with E-state index in [1.165, 1.54) is 13.2 Å². The molecule has 0 amide bonds. The van der Waals surface area contributed by atoms with E-state index in [0.29, 0.717) is 17.7 Å². The molecule has 0 saturated carbocycles. The Hall–Kier alpha value is -0.940. The van der Waals surface area contributed by atoms with Crippen LogP contribution in [0, 0.1) is 0 Å². The van der Waals surface area contributed by atoms with Crippen LogP contribution in [0.3, 0.4) is 0 Å². The highest BCUT2D eigenvalue weighted by atomic mass is 35.5. The minimum absolute atomic E-state index is 0. The molecule has 0 unspecified atom stereocenters. The van der Waals surface area contributed by atoms with Crippen LogP contribution in [-0.4, -0.2) is 13.7 Å². The molecule has 0 heterocycles. The number of nitrogens with two attached hydrogens (primary N) is 1. The summed E-state index contributed by atoms with van der Waals surface area (Å²) in [5, 5.41) is 0. The van der Waals surface area contributed by atoms with Gasteiger partial charge in [0.2, 0.25) is 0 Å². The average molecular weight is 256 g/mol. The molecule has 0 fully saturated rings. The van der Waals surface area contributed by atoms with Crippen LogP contribution in [0.15, 0.2) is 18.2 Å². The number of halogens is 4. The maximum Gasteiger partial charge on any atom is 0.416 e. The molecule has 16 heavy (non-hydrogen) atoms. The van der Waals surface area contributed by atoms with Gasteiger partial charge in [-0.25, -0.2) is 0 Å². The Morgan fingerprint density at radius 2 is 1.94 bits per heavy atom. The first-order valence-electron chi connectivity index (χ1n) is 4.43. The number of methoxy groups -OCH3 is 1. The van der Waals surface area contributed by atoms with E-state index in [2.05, 4.69) is 0 Å². The van der Waals surface area contributed by atoms with Crippen molar-refractivity contribution in [1.29, 1.82) is 0 Å². The highest BCUT2D eigenvalue weighted by Gasteiger charge is 2.30. The van der Waals surface area contributed by atoms with E-state index in [-0.39, 0.29) is 19.0 Å². The van der Waals surface area contributed by atoms with Crippen molar-refractivity contribution in [2.24, 2.45) is 5.73 Å². The fourth-order valence-corrected chi connectivity index (χ4v) is 1.31. The van der Waals surface area contributed by atoms with Crippen molar-refractivity contribution >= 4 is 12.4 Å². The number of ether oxygens (including phenoxy) is 1. The molecule has 0 radical (unpaired) electrons. The van der Waals surface area contributed by atoms with E-state index in [4.69, 9.17) is 10.5 Å². The Kier molecular flexibility index (Phi) is 5.61. The lowest BCUT2D eigenvalue weighted by molar-refractivity contribution is -0.137. The molecule has 0 spiro atoms. The molecule has 0 aromatic heterocycles. The van der Waals surface area contributed by atoms with Crippen LogP contribution >= 0.6 is 12.4 Å². The molecule has 92 valence electrons. The third kappa shape index (κ3) is 3.57. The third-order valence-corrected chi connectivity index (χ3v) is 2.02. The van der Waals surface area contributed by atoms with Crippen LogP contribution in [0.4, 0.5) is 13.2 Å². The van der Waals surface area contributed by atoms with Crippen LogP contribution in [0.5, 0.6) is 5.75 Å². The maximum atomic E-state index is 12.4. The van der Waals surface area contributed by atoms with Crippen LogP contribution in [0.1, 0.15) is 11.1 Å². The molecule has 1 aromatic carbocycles. The second kappa shape index (κ2) is 5.96. The van der Waals surface area contributed by atoms with Crippen molar-refractivity contribution in [1.82, 2.24) is 0 Å². The van der Waals surface area contributed by atoms with Crippen molar-refractivity contribution in [3.8, 4) is 5.75 Å². The third-order valence-electron chi connectivity index (χ3n) is 2.02. The zero-order valence-corrected chi connectivity index (χ0v) is 9.49. The topological polar surface area (TPSA) is 35.2 Å². The van der Waals surface area contributed by atoms with Gasteiger partial charge in [0.25, 0.3) is 0 Å². The summed E-state index contributed by atoms with van der Waals surface area (Å²) in [6.07, 6.45) is -3.96. The standard InChI is InChI=1S/C10H12F3NO.ClH/c1-15-9-3-2-8(10(11,12)13)6-7(9)4-5-14;/h2-3,6H,4-5,14H2,1H3;1H. The fraction of sp³-hybridized carbons (Fsp3) is 0.400. The monoisotopic (exact) mass is 255 g/mol. The van der Waals surface area contributed by atoms with Gasteiger partial charge in [-0.3, -0.25) is 0 Å². The smallest absolute Gasteiger partial charge is 0.416 e. The molecule has 0 bridgehead atoms. The molecule has 0 saturated heterocycles. The summed E-state index contributed by atoms with van der Waals surface area (Å²) in [6.45, 7) is 0.289. The summed E-state index contributed by atoms with van der Waals surface area (Å²) < 4.78 is 42.1. The Morgan fingerprint density at radius 3 is 2.38 bits per heavy atom. The lowest BCUT2D eigenvalue weighted by Gasteiger charge is -2.11. The summed E-state index contributed by atoms with van der Waals surface area (Å²) >= 11 is 0.